The Morgan fingerprint density at radius 3 is 3.00 bits per heavy atom. The standard InChI is InChI=1S/C21H25N3O2/c1-23-12-14(13-26-21(25)24-7-2-3-8-24)9-17-16-5-4-6-18-20(16)15(11-22-18)10-19(17)23/h4-6,9,11,14,19,22H,2-3,7-8,10,12-13H2,1H3/t14?,19-/m0/s1. The third-order valence-electron chi connectivity index (χ3n) is 6.13. The van der Waals surface area contributed by atoms with E-state index in [9.17, 15) is 4.79 Å². The highest BCUT2D eigenvalue weighted by Gasteiger charge is 2.34. The van der Waals surface area contributed by atoms with Crippen molar-refractivity contribution in [1.82, 2.24) is 14.8 Å². The van der Waals surface area contributed by atoms with Crippen LogP contribution in [0.1, 0.15) is 24.0 Å². The molecule has 2 aromatic rings. The lowest BCUT2D eigenvalue weighted by Crippen LogP contribution is -2.43. The minimum atomic E-state index is -0.149. The third-order valence-corrected chi connectivity index (χ3v) is 6.13. The van der Waals surface area contributed by atoms with Gasteiger partial charge in [0.25, 0.3) is 0 Å². The van der Waals surface area contributed by atoms with Crippen molar-refractivity contribution in [3.63, 3.8) is 0 Å². The van der Waals surface area contributed by atoms with Crippen molar-refractivity contribution in [2.24, 2.45) is 5.92 Å². The summed E-state index contributed by atoms with van der Waals surface area (Å²) in [4.78, 5) is 19.9. The van der Waals surface area contributed by atoms with Gasteiger partial charge < -0.3 is 14.6 Å². The van der Waals surface area contributed by atoms with Crippen molar-refractivity contribution in [2.45, 2.75) is 25.3 Å². The van der Waals surface area contributed by atoms with E-state index in [0.717, 1.165) is 38.9 Å². The number of hydrogen-bond donors (Lipinski definition) is 1. The Labute approximate surface area is 153 Å². The highest BCUT2D eigenvalue weighted by atomic mass is 16.6. The molecule has 5 nitrogen and oxygen atoms in total. The number of rotatable bonds is 2. The first-order valence-electron chi connectivity index (χ1n) is 9.63. The first kappa shape index (κ1) is 15.9. The van der Waals surface area contributed by atoms with E-state index in [2.05, 4.69) is 47.4 Å². The van der Waals surface area contributed by atoms with Gasteiger partial charge in [-0.15, -0.1) is 0 Å². The van der Waals surface area contributed by atoms with Gasteiger partial charge in [-0.3, -0.25) is 4.90 Å². The van der Waals surface area contributed by atoms with Gasteiger partial charge in [-0.1, -0.05) is 18.2 Å². The van der Waals surface area contributed by atoms with Crippen molar-refractivity contribution in [2.75, 3.05) is 33.3 Å². The van der Waals surface area contributed by atoms with Crippen molar-refractivity contribution in [3.8, 4) is 0 Å². The van der Waals surface area contributed by atoms with Crippen LogP contribution in [0.25, 0.3) is 16.5 Å². The molecule has 5 heteroatoms. The van der Waals surface area contributed by atoms with Crippen molar-refractivity contribution >= 4 is 22.6 Å². The fourth-order valence-electron chi connectivity index (χ4n) is 4.82. The topological polar surface area (TPSA) is 48.6 Å². The van der Waals surface area contributed by atoms with Gasteiger partial charge in [0, 0.05) is 48.7 Å². The van der Waals surface area contributed by atoms with Crippen LogP contribution in [0.4, 0.5) is 4.79 Å². The zero-order chi connectivity index (χ0) is 17.7. The third kappa shape index (κ3) is 2.53. The first-order chi connectivity index (χ1) is 12.7. The second-order valence-corrected chi connectivity index (χ2v) is 7.85. The number of nitrogens with zero attached hydrogens (tertiary/aromatic N) is 2. The van der Waals surface area contributed by atoms with E-state index in [-0.39, 0.29) is 12.0 Å². The summed E-state index contributed by atoms with van der Waals surface area (Å²) in [6.07, 6.45) is 7.59. The molecular weight excluding hydrogens is 326 g/mol. The summed E-state index contributed by atoms with van der Waals surface area (Å²) in [7, 11) is 2.19. The highest BCUT2D eigenvalue weighted by Crippen LogP contribution is 2.40. The molecule has 1 N–H and O–H groups in total. The minimum absolute atomic E-state index is 0.149. The predicted octanol–water partition coefficient (Wildman–Crippen LogP) is 3.27. The minimum Gasteiger partial charge on any atom is -0.449 e. The maximum absolute atomic E-state index is 12.2. The first-order valence-corrected chi connectivity index (χ1v) is 9.63. The molecule has 26 heavy (non-hydrogen) atoms. The number of amides is 1. The number of aromatic amines is 1. The van der Waals surface area contributed by atoms with Gasteiger partial charge in [-0.2, -0.15) is 0 Å². The van der Waals surface area contributed by atoms with Gasteiger partial charge in [-0.05, 0) is 49.1 Å². The fourth-order valence-corrected chi connectivity index (χ4v) is 4.82. The zero-order valence-electron chi connectivity index (χ0n) is 15.2. The summed E-state index contributed by atoms with van der Waals surface area (Å²) >= 11 is 0. The Morgan fingerprint density at radius 1 is 1.31 bits per heavy atom. The Hall–Kier alpha value is -2.27. The van der Waals surface area contributed by atoms with Gasteiger partial charge in [0.05, 0.1) is 0 Å². The smallest absolute Gasteiger partial charge is 0.409 e. The molecule has 1 amide bonds. The number of carbonyl (C=O) groups excluding carboxylic acids is 1. The number of ether oxygens (including phenoxy) is 1. The molecule has 1 saturated heterocycles. The lowest BCUT2D eigenvalue weighted by molar-refractivity contribution is 0.0915. The molecule has 1 aromatic heterocycles. The van der Waals surface area contributed by atoms with E-state index in [0.29, 0.717) is 12.6 Å². The number of carbonyl (C=O) groups is 1. The van der Waals surface area contributed by atoms with Crippen LogP contribution in [0, 0.1) is 5.92 Å². The summed E-state index contributed by atoms with van der Waals surface area (Å²) in [6, 6.07) is 6.90. The number of nitrogens with one attached hydrogen (secondary N) is 1. The van der Waals surface area contributed by atoms with Crippen LogP contribution in [0.15, 0.2) is 30.5 Å². The lowest BCUT2D eigenvalue weighted by Gasteiger charge is -2.39. The maximum atomic E-state index is 12.2. The molecular formula is C21H25N3O2. The quantitative estimate of drug-likeness (QED) is 0.903. The van der Waals surface area contributed by atoms with E-state index in [1.54, 1.807) is 0 Å². The molecule has 1 aliphatic carbocycles. The molecule has 2 atom stereocenters. The van der Waals surface area contributed by atoms with Crippen LogP contribution in [0.2, 0.25) is 0 Å². The largest absolute Gasteiger partial charge is 0.449 e. The van der Waals surface area contributed by atoms with Crippen LogP contribution < -0.4 is 0 Å². The lowest BCUT2D eigenvalue weighted by atomic mass is 9.80. The molecule has 0 bridgehead atoms. The van der Waals surface area contributed by atoms with Crippen LogP contribution in [-0.2, 0) is 11.2 Å². The SMILES string of the molecule is CN1CC(COC(=O)N2CCCC2)C=C2c3cccc4[nH]cc(c34)C[C@@H]21. The zero-order valence-corrected chi connectivity index (χ0v) is 15.2. The van der Waals surface area contributed by atoms with Crippen molar-refractivity contribution in [3.05, 3.63) is 41.6 Å². The monoisotopic (exact) mass is 351 g/mol. The van der Waals surface area contributed by atoms with Crippen LogP contribution in [-0.4, -0.2) is 60.2 Å². The normalized spacial score (nSPS) is 25.3. The van der Waals surface area contributed by atoms with E-state index >= 15 is 0 Å². The van der Waals surface area contributed by atoms with E-state index in [1.165, 1.54) is 27.6 Å². The average Bonchev–Trinajstić information content (AvgIpc) is 3.32. The molecule has 2 aliphatic heterocycles. The fraction of sp³-hybridized carbons (Fsp3) is 0.476. The molecule has 136 valence electrons. The number of fused-ring (bicyclic) bond motifs is 2. The summed E-state index contributed by atoms with van der Waals surface area (Å²) in [6.45, 7) is 3.07. The molecule has 0 saturated carbocycles. The maximum Gasteiger partial charge on any atom is 0.409 e. The van der Waals surface area contributed by atoms with Gasteiger partial charge in [0.1, 0.15) is 6.61 Å². The molecule has 0 spiro atoms. The molecule has 3 aliphatic rings. The van der Waals surface area contributed by atoms with E-state index < -0.39 is 0 Å². The summed E-state index contributed by atoms with van der Waals surface area (Å²) in [5, 5.41) is 1.36. The van der Waals surface area contributed by atoms with Crippen molar-refractivity contribution in [1.29, 1.82) is 0 Å². The predicted molar refractivity (Wildman–Crippen MR) is 102 cm³/mol. The van der Waals surface area contributed by atoms with Gasteiger partial charge in [0.2, 0.25) is 0 Å². The number of benzene rings is 1. The molecule has 5 rings (SSSR count). The summed E-state index contributed by atoms with van der Waals surface area (Å²) in [5.41, 5.74) is 5.33. The van der Waals surface area contributed by atoms with Crippen molar-refractivity contribution < 1.29 is 9.53 Å². The van der Waals surface area contributed by atoms with Gasteiger partial charge in [-0.25, -0.2) is 4.79 Å². The molecule has 1 unspecified atom stereocenters. The Morgan fingerprint density at radius 2 is 2.15 bits per heavy atom. The number of likely N-dealkylation sites (N-methyl/N-ethyl adjacent to an activating group) is 1. The Bertz CT molecular complexity index is 879. The summed E-state index contributed by atoms with van der Waals surface area (Å²) in [5.74, 6) is 0.244. The number of aromatic nitrogens is 1. The van der Waals surface area contributed by atoms with Gasteiger partial charge in [0.15, 0.2) is 0 Å². The average molecular weight is 351 g/mol. The Balaban J connectivity index is 1.40. The number of likely N-dealkylation sites (tertiary alicyclic amines) is 1. The second kappa shape index (κ2) is 6.16. The van der Waals surface area contributed by atoms with E-state index in [4.69, 9.17) is 4.74 Å². The van der Waals surface area contributed by atoms with Gasteiger partial charge >= 0.3 is 6.09 Å². The summed E-state index contributed by atoms with van der Waals surface area (Å²) < 4.78 is 5.63. The molecule has 0 radical (unpaired) electrons. The Kier molecular flexibility index (Phi) is 3.78. The van der Waals surface area contributed by atoms with Crippen LogP contribution in [0.3, 0.4) is 0 Å². The van der Waals surface area contributed by atoms with Crippen LogP contribution >= 0.6 is 0 Å². The van der Waals surface area contributed by atoms with Crippen LogP contribution in [0.5, 0.6) is 0 Å². The molecule has 1 aromatic carbocycles. The molecule has 3 heterocycles. The van der Waals surface area contributed by atoms with E-state index in [1.807, 2.05) is 4.90 Å². The number of hydrogen-bond acceptors (Lipinski definition) is 3. The highest BCUT2D eigenvalue weighted by molar-refractivity contribution is 5.98. The molecule has 1 fully saturated rings. The second-order valence-electron chi connectivity index (χ2n) is 7.85. The number of H-pyrrole nitrogens is 1.